The predicted octanol–water partition coefficient (Wildman–Crippen LogP) is 2.93. The van der Waals surface area contributed by atoms with Crippen LogP contribution in [0.2, 0.25) is 0 Å². The molecule has 0 unspecified atom stereocenters. The van der Waals surface area contributed by atoms with E-state index in [0.717, 1.165) is 16.8 Å². The van der Waals surface area contributed by atoms with Crippen LogP contribution in [0, 0.1) is 0 Å². The fourth-order valence-electron chi connectivity index (χ4n) is 2.90. The molecule has 0 atom stereocenters. The number of nitrogens with zero attached hydrogens (tertiary/aromatic N) is 2. The molecule has 0 fully saturated rings. The van der Waals surface area contributed by atoms with Gasteiger partial charge in [0.25, 0.3) is 0 Å². The SMILES string of the molecule is COC(=O)c1ccc(COC(=O)CCC(=O)N2CCC(c3ccccc3)=N2)cc1. The lowest BCUT2D eigenvalue weighted by Gasteiger charge is -2.11. The summed E-state index contributed by atoms with van der Waals surface area (Å²) in [5.74, 6) is -1.08. The molecule has 1 aliphatic rings. The Kier molecular flexibility index (Phi) is 6.73. The maximum Gasteiger partial charge on any atom is 0.337 e. The van der Waals surface area contributed by atoms with Gasteiger partial charge < -0.3 is 9.47 Å². The largest absolute Gasteiger partial charge is 0.465 e. The summed E-state index contributed by atoms with van der Waals surface area (Å²) in [6.07, 6.45) is 0.735. The molecule has 29 heavy (non-hydrogen) atoms. The molecule has 7 nitrogen and oxygen atoms in total. The molecule has 0 spiro atoms. The summed E-state index contributed by atoms with van der Waals surface area (Å²) in [6.45, 7) is 0.596. The maximum absolute atomic E-state index is 12.3. The molecule has 1 heterocycles. The van der Waals surface area contributed by atoms with Crippen LogP contribution in [0.3, 0.4) is 0 Å². The van der Waals surface area contributed by atoms with Gasteiger partial charge in [0.05, 0.1) is 31.4 Å². The van der Waals surface area contributed by atoms with Crippen LogP contribution >= 0.6 is 0 Å². The third-order valence-corrected chi connectivity index (χ3v) is 4.51. The lowest BCUT2D eigenvalue weighted by molar-refractivity contribution is -0.147. The monoisotopic (exact) mass is 394 g/mol. The highest BCUT2D eigenvalue weighted by Gasteiger charge is 2.22. The highest BCUT2D eigenvalue weighted by atomic mass is 16.5. The van der Waals surface area contributed by atoms with E-state index in [-0.39, 0.29) is 25.4 Å². The Bertz CT molecular complexity index is 907. The first-order valence-electron chi connectivity index (χ1n) is 9.33. The topological polar surface area (TPSA) is 85.3 Å². The maximum atomic E-state index is 12.3. The average molecular weight is 394 g/mol. The van der Waals surface area contributed by atoms with Gasteiger partial charge in [-0.1, -0.05) is 42.5 Å². The second-order valence-corrected chi connectivity index (χ2v) is 6.53. The van der Waals surface area contributed by atoms with Crippen molar-refractivity contribution in [1.29, 1.82) is 0 Å². The molecule has 0 aromatic heterocycles. The van der Waals surface area contributed by atoms with Crippen LogP contribution in [0.15, 0.2) is 59.7 Å². The molecule has 1 aliphatic heterocycles. The van der Waals surface area contributed by atoms with Crippen LogP contribution in [-0.4, -0.2) is 42.2 Å². The number of hydrogen-bond donors (Lipinski definition) is 0. The zero-order valence-corrected chi connectivity index (χ0v) is 16.2. The van der Waals surface area contributed by atoms with Gasteiger partial charge in [0.2, 0.25) is 5.91 Å². The molecule has 150 valence electrons. The van der Waals surface area contributed by atoms with E-state index in [1.54, 1.807) is 24.3 Å². The van der Waals surface area contributed by atoms with Crippen molar-refractivity contribution in [2.75, 3.05) is 13.7 Å². The number of ether oxygens (including phenoxy) is 2. The molecule has 3 rings (SSSR count). The average Bonchev–Trinajstić information content (AvgIpc) is 3.27. The minimum absolute atomic E-state index is 0.00817. The third kappa shape index (κ3) is 5.51. The molecule has 0 aliphatic carbocycles. The van der Waals surface area contributed by atoms with Gasteiger partial charge in [0, 0.05) is 12.8 Å². The fourth-order valence-corrected chi connectivity index (χ4v) is 2.90. The van der Waals surface area contributed by atoms with Gasteiger partial charge in [-0.2, -0.15) is 5.10 Å². The minimum atomic E-state index is -0.457. The Hall–Kier alpha value is -3.48. The lowest BCUT2D eigenvalue weighted by Crippen LogP contribution is -2.24. The van der Waals surface area contributed by atoms with E-state index in [4.69, 9.17) is 4.74 Å². The summed E-state index contributed by atoms with van der Waals surface area (Å²) in [5, 5.41) is 5.79. The van der Waals surface area contributed by atoms with E-state index in [0.29, 0.717) is 18.5 Å². The number of hydrogen-bond acceptors (Lipinski definition) is 6. The number of carbonyl (C=O) groups excluding carboxylic acids is 3. The summed E-state index contributed by atoms with van der Waals surface area (Å²) in [7, 11) is 1.31. The Labute approximate surface area is 168 Å². The first-order valence-corrected chi connectivity index (χ1v) is 9.33. The van der Waals surface area contributed by atoms with E-state index in [1.807, 2.05) is 30.3 Å². The molecule has 0 radical (unpaired) electrons. The molecule has 0 saturated heterocycles. The van der Waals surface area contributed by atoms with Crippen molar-refractivity contribution < 1.29 is 23.9 Å². The Balaban J connectivity index is 1.43. The molecule has 1 amide bonds. The molecule has 0 saturated carbocycles. The Morgan fingerprint density at radius 1 is 1.00 bits per heavy atom. The summed E-state index contributed by atoms with van der Waals surface area (Å²) in [6, 6.07) is 16.3. The van der Waals surface area contributed by atoms with Crippen LogP contribution in [0.5, 0.6) is 0 Å². The van der Waals surface area contributed by atoms with Crippen molar-refractivity contribution in [2.24, 2.45) is 5.10 Å². The van der Waals surface area contributed by atoms with Crippen LogP contribution in [0.1, 0.15) is 40.7 Å². The van der Waals surface area contributed by atoms with Crippen molar-refractivity contribution in [1.82, 2.24) is 5.01 Å². The van der Waals surface area contributed by atoms with E-state index in [9.17, 15) is 14.4 Å². The van der Waals surface area contributed by atoms with Crippen molar-refractivity contribution in [3.05, 3.63) is 71.3 Å². The summed E-state index contributed by atoms with van der Waals surface area (Å²) < 4.78 is 9.83. The molecule has 7 heteroatoms. The van der Waals surface area contributed by atoms with E-state index >= 15 is 0 Å². The highest BCUT2D eigenvalue weighted by Crippen LogP contribution is 2.15. The van der Waals surface area contributed by atoms with Gasteiger partial charge in [0.1, 0.15) is 6.61 Å². The standard InChI is InChI=1S/C22H22N2O5/c1-28-22(27)18-9-7-16(8-10-18)15-29-21(26)12-11-20(25)24-14-13-19(23-24)17-5-3-2-4-6-17/h2-10H,11-15H2,1H3. The molecule has 0 N–H and O–H groups in total. The first-order chi connectivity index (χ1) is 14.1. The fraction of sp³-hybridized carbons (Fsp3) is 0.273. The number of hydrazone groups is 1. The molecule has 2 aromatic rings. The number of amides is 1. The minimum Gasteiger partial charge on any atom is -0.465 e. The number of benzene rings is 2. The zero-order valence-electron chi connectivity index (χ0n) is 16.2. The summed E-state index contributed by atoms with van der Waals surface area (Å²) >= 11 is 0. The van der Waals surface area contributed by atoms with Crippen molar-refractivity contribution >= 4 is 23.6 Å². The van der Waals surface area contributed by atoms with Gasteiger partial charge >= 0.3 is 11.9 Å². The quantitative estimate of drug-likeness (QED) is 0.674. The molecule has 0 bridgehead atoms. The van der Waals surface area contributed by atoms with Gasteiger partial charge in [-0.3, -0.25) is 9.59 Å². The summed E-state index contributed by atoms with van der Waals surface area (Å²) in [4.78, 5) is 35.6. The van der Waals surface area contributed by atoms with Crippen LogP contribution in [0.25, 0.3) is 0 Å². The number of carbonyl (C=O) groups is 3. The van der Waals surface area contributed by atoms with Gasteiger partial charge in [-0.15, -0.1) is 0 Å². The Morgan fingerprint density at radius 3 is 2.41 bits per heavy atom. The highest BCUT2D eigenvalue weighted by molar-refractivity contribution is 6.02. The van der Waals surface area contributed by atoms with Gasteiger partial charge in [-0.05, 0) is 23.3 Å². The van der Waals surface area contributed by atoms with Crippen molar-refractivity contribution in [3.63, 3.8) is 0 Å². The van der Waals surface area contributed by atoms with Gasteiger partial charge in [0.15, 0.2) is 0 Å². The van der Waals surface area contributed by atoms with Crippen LogP contribution in [0.4, 0.5) is 0 Å². The molecular weight excluding hydrogens is 372 g/mol. The number of esters is 2. The third-order valence-electron chi connectivity index (χ3n) is 4.51. The first kappa shape index (κ1) is 20.3. The van der Waals surface area contributed by atoms with E-state index in [1.165, 1.54) is 12.1 Å². The molecular formula is C22H22N2O5. The number of methoxy groups -OCH3 is 1. The van der Waals surface area contributed by atoms with E-state index < -0.39 is 11.9 Å². The second kappa shape index (κ2) is 9.64. The number of rotatable bonds is 7. The normalized spacial score (nSPS) is 13.0. The predicted molar refractivity (Wildman–Crippen MR) is 106 cm³/mol. The molecule has 2 aromatic carbocycles. The second-order valence-electron chi connectivity index (χ2n) is 6.53. The van der Waals surface area contributed by atoms with Crippen LogP contribution < -0.4 is 0 Å². The van der Waals surface area contributed by atoms with Crippen molar-refractivity contribution in [2.45, 2.75) is 25.9 Å². The van der Waals surface area contributed by atoms with Crippen LogP contribution in [-0.2, 0) is 25.7 Å². The lowest BCUT2D eigenvalue weighted by atomic mass is 10.1. The Morgan fingerprint density at radius 2 is 1.72 bits per heavy atom. The van der Waals surface area contributed by atoms with Gasteiger partial charge in [-0.25, -0.2) is 9.80 Å². The van der Waals surface area contributed by atoms with Crippen molar-refractivity contribution in [3.8, 4) is 0 Å². The van der Waals surface area contributed by atoms with E-state index in [2.05, 4.69) is 9.84 Å². The smallest absolute Gasteiger partial charge is 0.337 e. The summed E-state index contributed by atoms with van der Waals surface area (Å²) in [5.41, 5.74) is 3.04. The zero-order chi connectivity index (χ0) is 20.6.